The van der Waals surface area contributed by atoms with Gasteiger partial charge in [-0.1, -0.05) is 43.5 Å². The summed E-state index contributed by atoms with van der Waals surface area (Å²) in [5, 5.41) is 0. The third kappa shape index (κ3) is 3.73. The second kappa shape index (κ2) is 8.42. The van der Waals surface area contributed by atoms with Gasteiger partial charge in [0.25, 0.3) is 15.9 Å². The lowest BCUT2D eigenvalue weighted by Crippen LogP contribution is -2.41. The predicted octanol–water partition coefficient (Wildman–Crippen LogP) is 4.62. The zero-order valence-electron chi connectivity index (χ0n) is 17.8. The molecule has 160 valence electrons. The van der Waals surface area contributed by atoms with Crippen molar-refractivity contribution in [2.24, 2.45) is 0 Å². The van der Waals surface area contributed by atoms with E-state index < -0.39 is 10.0 Å². The molecule has 1 aliphatic heterocycles. The summed E-state index contributed by atoms with van der Waals surface area (Å²) >= 11 is 0. The van der Waals surface area contributed by atoms with E-state index in [1.54, 1.807) is 24.3 Å². The molecule has 1 amide bonds. The summed E-state index contributed by atoms with van der Waals surface area (Å²) in [4.78, 5) is 15.3. The van der Waals surface area contributed by atoms with Crippen LogP contribution in [0.2, 0.25) is 0 Å². The molecule has 30 heavy (non-hydrogen) atoms. The van der Waals surface area contributed by atoms with Crippen LogP contribution in [0.25, 0.3) is 0 Å². The number of fused-ring (bicyclic) bond motifs is 1. The average Bonchev–Trinajstić information content (AvgIpc) is 3.11. The van der Waals surface area contributed by atoms with Crippen LogP contribution < -0.4 is 4.31 Å². The number of para-hydroxylation sites is 1. The normalized spacial score (nSPS) is 19.5. The van der Waals surface area contributed by atoms with Crippen LogP contribution in [-0.4, -0.2) is 37.9 Å². The molecule has 1 atom stereocenters. The molecular weight excluding hydrogens is 396 g/mol. The van der Waals surface area contributed by atoms with Gasteiger partial charge in [-0.2, -0.15) is 0 Å². The molecule has 0 N–H and O–H groups in total. The topological polar surface area (TPSA) is 57.7 Å². The van der Waals surface area contributed by atoms with Crippen molar-refractivity contribution >= 4 is 21.6 Å². The number of rotatable bonds is 5. The Kier molecular flexibility index (Phi) is 5.87. The Balaban J connectivity index is 1.65. The summed E-state index contributed by atoms with van der Waals surface area (Å²) in [6.45, 7) is 4.56. The molecule has 5 nitrogen and oxygen atoms in total. The molecule has 0 radical (unpaired) electrons. The van der Waals surface area contributed by atoms with Crippen LogP contribution in [-0.2, 0) is 16.4 Å². The van der Waals surface area contributed by atoms with Crippen LogP contribution in [0.5, 0.6) is 0 Å². The molecule has 0 spiro atoms. The number of benzene rings is 2. The summed E-state index contributed by atoms with van der Waals surface area (Å²) in [5.41, 5.74) is 2.22. The van der Waals surface area contributed by atoms with Crippen molar-refractivity contribution < 1.29 is 13.2 Å². The second-order valence-electron chi connectivity index (χ2n) is 8.39. The first kappa shape index (κ1) is 20.9. The van der Waals surface area contributed by atoms with E-state index in [2.05, 4.69) is 0 Å². The molecule has 0 bridgehead atoms. The van der Waals surface area contributed by atoms with Gasteiger partial charge >= 0.3 is 0 Å². The minimum absolute atomic E-state index is 0.0729. The molecule has 1 heterocycles. The zero-order valence-corrected chi connectivity index (χ0v) is 18.6. The maximum absolute atomic E-state index is 13.5. The van der Waals surface area contributed by atoms with E-state index in [1.807, 2.05) is 43.0 Å². The van der Waals surface area contributed by atoms with E-state index in [0.29, 0.717) is 18.5 Å². The fraction of sp³-hybridized carbons (Fsp3) is 0.458. The van der Waals surface area contributed by atoms with E-state index in [1.165, 1.54) is 10.7 Å². The molecule has 1 aliphatic carbocycles. The van der Waals surface area contributed by atoms with Gasteiger partial charge < -0.3 is 4.90 Å². The number of sulfonamides is 1. The third-order valence-electron chi connectivity index (χ3n) is 6.40. The molecule has 0 saturated heterocycles. The maximum Gasteiger partial charge on any atom is 0.264 e. The predicted molar refractivity (Wildman–Crippen MR) is 119 cm³/mol. The van der Waals surface area contributed by atoms with E-state index in [9.17, 15) is 13.2 Å². The Morgan fingerprint density at radius 2 is 1.80 bits per heavy atom. The minimum atomic E-state index is -3.75. The fourth-order valence-electron chi connectivity index (χ4n) is 4.93. The highest BCUT2D eigenvalue weighted by Gasteiger charge is 2.36. The van der Waals surface area contributed by atoms with Crippen molar-refractivity contribution in [3.05, 3.63) is 59.7 Å². The van der Waals surface area contributed by atoms with Gasteiger partial charge in [-0.3, -0.25) is 9.10 Å². The van der Waals surface area contributed by atoms with E-state index in [0.717, 1.165) is 36.9 Å². The number of amides is 1. The number of carbonyl (C=O) groups excluding carboxylic acids is 1. The first-order valence-electron chi connectivity index (χ1n) is 11.0. The number of carbonyl (C=O) groups is 1. The maximum atomic E-state index is 13.5. The van der Waals surface area contributed by atoms with Crippen LogP contribution in [0, 0.1) is 0 Å². The van der Waals surface area contributed by atoms with Gasteiger partial charge in [0.2, 0.25) is 0 Å². The zero-order chi connectivity index (χ0) is 21.3. The van der Waals surface area contributed by atoms with Crippen molar-refractivity contribution in [1.82, 2.24) is 4.90 Å². The highest BCUT2D eigenvalue weighted by molar-refractivity contribution is 7.92. The molecule has 1 unspecified atom stereocenters. The number of hydrogen-bond acceptors (Lipinski definition) is 3. The molecule has 6 heteroatoms. The highest BCUT2D eigenvalue weighted by atomic mass is 32.2. The minimum Gasteiger partial charge on any atom is -0.336 e. The standard InChI is InChI=1S/C24H30N2O3S/c1-3-25(21-12-5-4-6-13-21)24(27)20-11-9-14-22(17-20)30(28,29)26-18(2)16-19-10-7-8-15-23(19)26/h7-11,14-15,17-18,21H,3-6,12-13,16H2,1-2H3. The van der Waals surface area contributed by atoms with Crippen molar-refractivity contribution in [1.29, 1.82) is 0 Å². The lowest BCUT2D eigenvalue weighted by atomic mass is 9.93. The Labute approximate surface area is 179 Å². The number of hydrogen-bond donors (Lipinski definition) is 0. The molecule has 0 aromatic heterocycles. The van der Waals surface area contributed by atoms with Crippen LogP contribution in [0.15, 0.2) is 53.4 Å². The smallest absolute Gasteiger partial charge is 0.264 e. The highest BCUT2D eigenvalue weighted by Crippen LogP contribution is 2.36. The van der Waals surface area contributed by atoms with E-state index in [-0.39, 0.29) is 22.9 Å². The summed E-state index contributed by atoms with van der Waals surface area (Å²) in [6.07, 6.45) is 6.27. The first-order chi connectivity index (χ1) is 14.4. The van der Waals surface area contributed by atoms with Gasteiger partial charge in [0, 0.05) is 24.2 Å². The van der Waals surface area contributed by atoms with Crippen LogP contribution in [0.1, 0.15) is 61.9 Å². The van der Waals surface area contributed by atoms with Gasteiger partial charge in [-0.05, 0) is 62.9 Å². The molecule has 1 saturated carbocycles. The van der Waals surface area contributed by atoms with Gasteiger partial charge in [0.1, 0.15) is 0 Å². The summed E-state index contributed by atoms with van der Waals surface area (Å²) in [7, 11) is -3.75. The van der Waals surface area contributed by atoms with Gasteiger partial charge in [-0.15, -0.1) is 0 Å². The van der Waals surface area contributed by atoms with E-state index >= 15 is 0 Å². The molecule has 2 aromatic rings. The third-order valence-corrected chi connectivity index (χ3v) is 8.32. The fourth-order valence-corrected chi connectivity index (χ4v) is 6.67. The lowest BCUT2D eigenvalue weighted by molar-refractivity contribution is 0.0647. The van der Waals surface area contributed by atoms with E-state index in [4.69, 9.17) is 0 Å². The van der Waals surface area contributed by atoms with Crippen molar-refractivity contribution in [2.75, 3.05) is 10.8 Å². The Hall–Kier alpha value is -2.34. The second-order valence-corrected chi connectivity index (χ2v) is 10.2. The Morgan fingerprint density at radius 3 is 2.53 bits per heavy atom. The van der Waals surface area contributed by atoms with Crippen LogP contribution in [0.4, 0.5) is 5.69 Å². The number of nitrogens with zero attached hydrogens (tertiary/aromatic N) is 2. The van der Waals surface area contributed by atoms with Crippen molar-refractivity contribution in [2.45, 2.75) is 69.4 Å². The number of anilines is 1. The van der Waals surface area contributed by atoms with Crippen LogP contribution in [0.3, 0.4) is 0 Å². The molecule has 1 fully saturated rings. The summed E-state index contributed by atoms with van der Waals surface area (Å²) in [6, 6.07) is 14.3. The first-order valence-corrected chi connectivity index (χ1v) is 12.4. The van der Waals surface area contributed by atoms with Crippen LogP contribution >= 0.6 is 0 Å². The SMILES string of the molecule is CCN(C(=O)c1cccc(S(=O)(=O)N2c3ccccc3CC2C)c1)C1CCCCC1. The van der Waals surface area contributed by atoms with Crippen molar-refractivity contribution in [3.8, 4) is 0 Å². The molecule has 2 aromatic carbocycles. The lowest BCUT2D eigenvalue weighted by Gasteiger charge is -2.33. The molecular formula is C24H30N2O3S. The largest absolute Gasteiger partial charge is 0.336 e. The quantitative estimate of drug-likeness (QED) is 0.701. The molecule has 2 aliphatic rings. The van der Waals surface area contributed by atoms with Gasteiger partial charge in [-0.25, -0.2) is 8.42 Å². The Bertz CT molecular complexity index is 1030. The Morgan fingerprint density at radius 1 is 1.07 bits per heavy atom. The van der Waals surface area contributed by atoms with Gasteiger partial charge in [0.15, 0.2) is 0 Å². The average molecular weight is 427 g/mol. The van der Waals surface area contributed by atoms with Gasteiger partial charge in [0.05, 0.1) is 10.6 Å². The monoisotopic (exact) mass is 426 g/mol. The summed E-state index contributed by atoms with van der Waals surface area (Å²) < 4.78 is 28.6. The van der Waals surface area contributed by atoms with Crippen molar-refractivity contribution in [3.63, 3.8) is 0 Å². The summed E-state index contributed by atoms with van der Waals surface area (Å²) in [5.74, 6) is -0.0729. The molecule has 4 rings (SSSR count).